The minimum absolute atomic E-state index is 0.0855. The molecule has 4 rings (SSSR count). The zero-order chi connectivity index (χ0) is 25.1. The first-order chi connectivity index (χ1) is 15.7. The molecule has 0 spiro atoms. The average molecular weight is 498 g/mol. The maximum absolute atomic E-state index is 15.3. The van der Waals surface area contributed by atoms with Crippen LogP contribution in [0.4, 0.5) is 35.1 Å². The molecule has 1 saturated heterocycles. The maximum atomic E-state index is 15.3. The van der Waals surface area contributed by atoms with Crippen LogP contribution in [0.25, 0.3) is 11.0 Å². The van der Waals surface area contributed by atoms with Crippen LogP contribution in [0, 0.1) is 11.7 Å². The number of alkyl halides is 7. The van der Waals surface area contributed by atoms with Crippen LogP contribution in [0.1, 0.15) is 55.5 Å². The number of carbonyl (C=O) groups is 1. The normalized spacial score (nSPS) is 22.4. The van der Waals surface area contributed by atoms with Gasteiger partial charge in [-0.1, -0.05) is 6.07 Å². The van der Waals surface area contributed by atoms with Gasteiger partial charge in [-0.15, -0.1) is 0 Å². The Bertz CT molecular complexity index is 1060. The lowest BCUT2D eigenvalue weighted by Crippen LogP contribution is -2.59. The van der Waals surface area contributed by atoms with E-state index in [0.29, 0.717) is 4.90 Å². The lowest BCUT2D eigenvalue weighted by atomic mass is 9.82. The number of likely N-dealkylation sites (tertiary alicyclic amines) is 1. The predicted molar refractivity (Wildman–Crippen MR) is 105 cm³/mol. The number of imidazole rings is 1. The zero-order valence-corrected chi connectivity index (χ0v) is 17.7. The number of nitrogens with two attached hydrogens (primary N) is 1. The van der Waals surface area contributed by atoms with Crippen molar-refractivity contribution in [2.24, 2.45) is 11.7 Å². The van der Waals surface area contributed by atoms with Crippen molar-refractivity contribution in [1.29, 1.82) is 0 Å². The number of rotatable bonds is 5. The summed E-state index contributed by atoms with van der Waals surface area (Å²) in [4.78, 5) is 20.0. The number of aromatic amines is 1. The lowest BCUT2D eigenvalue weighted by Gasteiger charge is -2.40. The molecule has 1 aliphatic heterocycles. The van der Waals surface area contributed by atoms with Gasteiger partial charge in [0.15, 0.2) is 5.82 Å². The number of nitrogens with zero attached hydrogens (tertiary/aromatic N) is 2. The third-order valence-corrected chi connectivity index (χ3v) is 6.49. The van der Waals surface area contributed by atoms with E-state index in [1.54, 1.807) is 0 Å². The first kappa shape index (κ1) is 24.7. The summed E-state index contributed by atoms with van der Waals surface area (Å²) in [6, 6.07) is 1.38. The molecule has 34 heavy (non-hydrogen) atoms. The van der Waals surface area contributed by atoms with Crippen molar-refractivity contribution >= 4 is 16.9 Å². The van der Waals surface area contributed by atoms with Crippen LogP contribution < -0.4 is 5.73 Å². The summed E-state index contributed by atoms with van der Waals surface area (Å²) in [5.74, 6) is -10.7. The molecule has 2 aromatic rings. The van der Waals surface area contributed by atoms with E-state index in [9.17, 15) is 35.5 Å². The van der Waals surface area contributed by atoms with Gasteiger partial charge >= 0.3 is 6.18 Å². The van der Waals surface area contributed by atoms with Gasteiger partial charge in [-0.3, -0.25) is 4.79 Å². The standard InChI is InChI=1S/C21H22F8N4O/c22-14-11(12(7-21(27,28)29)18(34)33-8-20(25,26)9-33)1-2-13-16(14)32-17(31-13)15(30)10-3-5-19(23,24)6-4-10/h1-2,10,12,15H,3-9,30H2,(H,31,32). The summed E-state index contributed by atoms with van der Waals surface area (Å²) < 4.78 is 108. The summed E-state index contributed by atoms with van der Waals surface area (Å²) in [6.45, 7) is -2.07. The zero-order valence-electron chi connectivity index (χ0n) is 17.7. The number of H-pyrrole nitrogens is 1. The molecule has 2 unspecified atom stereocenters. The molecule has 2 heterocycles. The van der Waals surface area contributed by atoms with Crippen LogP contribution in [0.15, 0.2) is 12.1 Å². The molecule has 2 fully saturated rings. The van der Waals surface area contributed by atoms with Gasteiger partial charge in [0, 0.05) is 18.4 Å². The molecule has 5 nitrogen and oxygen atoms in total. The van der Waals surface area contributed by atoms with Crippen molar-refractivity contribution < 1.29 is 39.9 Å². The molecule has 188 valence electrons. The largest absolute Gasteiger partial charge is 0.390 e. The Morgan fingerprint density at radius 2 is 1.76 bits per heavy atom. The Kier molecular flexibility index (Phi) is 6.06. The van der Waals surface area contributed by atoms with Crippen molar-refractivity contribution in [3.63, 3.8) is 0 Å². The van der Waals surface area contributed by atoms with E-state index in [1.165, 1.54) is 6.07 Å². The van der Waals surface area contributed by atoms with E-state index in [0.717, 1.165) is 6.07 Å². The number of hydrogen-bond acceptors (Lipinski definition) is 3. The molecule has 1 aromatic heterocycles. The van der Waals surface area contributed by atoms with E-state index in [1.807, 2.05) is 0 Å². The molecule has 0 bridgehead atoms. The third-order valence-electron chi connectivity index (χ3n) is 6.49. The molecule has 13 heteroatoms. The van der Waals surface area contributed by atoms with Gasteiger partial charge in [0.2, 0.25) is 11.8 Å². The van der Waals surface area contributed by atoms with Crippen LogP contribution in [0.5, 0.6) is 0 Å². The molecule has 3 N–H and O–H groups in total. The van der Waals surface area contributed by atoms with E-state index in [-0.39, 0.29) is 48.5 Å². The second-order valence-electron chi connectivity index (χ2n) is 9.13. The highest BCUT2D eigenvalue weighted by atomic mass is 19.4. The molecule has 1 aromatic carbocycles. The van der Waals surface area contributed by atoms with Gasteiger partial charge in [0.05, 0.1) is 37.0 Å². The predicted octanol–water partition coefficient (Wildman–Crippen LogP) is 5.04. The topological polar surface area (TPSA) is 75.0 Å². The Morgan fingerprint density at radius 3 is 2.32 bits per heavy atom. The van der Waals surface area contributed by atoms with Crippen molar-refractivity contribution in [3.8, 4) is 0 Å². The molecule has 1 aliphatic carbocycles. The highest BCUT2D eigenvalue weighted by Gasteiger charge is 2.50. The molecule has 2 atom stereocenters. The molecule has 1 amide bonds. The van der Waals surface area contributed by atoms with Crippen LogP contribution in [0.2, 0.25) is 0 Å². The van der Waals surface area contributed by atoms with E-state index in [2.05, 4.69) is 9.97 Å². The van der Waals surface area contributed by atoms with Gasteiger partial charge < -0.3 is 15.6 Å². The monoisotopic (exact) mass is 498 g/mol. The smallest absolute Gasteiger partial charge is 0.341 e. The fraction of sp³-hybridized carbons (Fsp3) is 0.619. The molecule has 1 saturated carbocycles. The average Bonchev–Trinajstić information content (AvgIpc) is 3.14. The van der Waals surface area contributed by atoms with Gasteiger partial charge in [-0.2, -0.15) is 13.2 Å². The van der Waals surface area contributed by atoms with Gasteiger partial charge in [0.25, 0.3) is 5.92 Å². The fourth-order valence-corrected chi connectivity index (χ4v) is 4.60. The molecular formula is C21H22F8N4O. The van der Waals surface area contributed by atoms with Crippen molar-refractivity contribution in [3.05, 3.63) is 29.3 Å². The summed E-state index contributed by atoms with van der Waals surface area (Å²) in [6.07, 6.45) is -7.04. The van der Waals surface area contributed by atoms with Crippen LogP contribution in [-0.4, -0.2) is 51.9 Å². The molecule has 2 aliphatic rings. The highest BCUT2D eigenvalue weighted by molar-refractivity contribution is 5.87. The maximum Gasteiger partial charge on any atom is 0.390 e. The number of aromatic nitrogens is 2. The Hall–Kier alpha value is -2.44. The van der Waals surface area contributed by atoms with Gasteiger partial charge in [0.1, 0.15) is 11.3 Å². The van der Waals surface area contributed by atoms with Gasteiger partial charge in [-0.05, 0) is 24.8 Å². The van der Waals surface area contributed by atoms with E-state index in [4.69, 9.17) is 5.73 Å². The second kappa shape index (κ2) is 8.35. The Balaban J connectivity index is 1.62. The highest BCUT2D eigenvalue weighted by Crippen LogP contribution is 2.41. The Morgan fingerprint density at radius 1 is 1.15 bits per heavy atom. The summed E-state index contributed by atoms with van der Waals surface area (Å²) in [5, 5.41) is 0. The Labute approximate surface area is 188 Å². The summed E-state index contributed by atoms with van der Waals surface area (Å²) in [5.41, 5.74) is 5.27. The van der Waals surface area contributed by atoms with Crippen LogP contribution >= 0.6 is 0 Å². The first-order valence-electron chi connectivity index (χ1n) is 10.7. The molecular weight excluding hydrogens is 476 g/mol. The number of fused-ring (bicyclic) bond motifs is 1. The summed E-state index contributed by atoms with van der Waals surface area (Å²) in [7, 11) is 0. The van der Waals surface area contributed by atoms with Crippen LogP contribution in [0.3, 0.4) is 0 Å². The second-order valence-corrected chi connectivity index (χ2v) is 9.13. The SMILES string of the molecule is NC(c1nc2c(F)c(C(CC(F)(F)F)C(=O)N3CC(F)(F)C3)ccc2[nH]1)C1CCC(F)(F)CC1. The van der Waals surface area contributed by atoms with Crippen molar-refractivity contribution in [1.82, 2.24) is 14.9 Å². The quantitative estimate of drug-likeness (QED) is 0.568. The number of nitrogens with one attached hydrogen (secondary N) is 1. The number of benzene rings is 1. The number of carbonyl (C=O) groups excluding carboxylic acids is 1. The van der Waals surface area contributed by atoms with Crippen molar-refractivity contribution in [2.45, 2.75) is 62.1 Å². The first-order valence-corrected chi connectivity index (χ1v) is 10.7. The number of halogens is 8. The fourth-order valence-electron chi connectivity index (χ4n) is 4.60. The van der Waals surface area contributed by atoms with E-state index >= 15 is 4.39 Å². The van der Waals surface area contributed by atoms with E-state index < -0.39 is 66.8 Å². The molecule has 0 radical (unpaired) electrons. The lowest BCUT2D eigenvalue weighted by molar-refractivity contribution is -0.175. The number of hydrogen-bond donors (Lipinski definition) is 2. The van der Waals surface area contributed by atoms with Crippen LogP contribution in [-0.2, 0) is 4.79 Å². The minimum atomic E-state index is -4.86. The van der Waals surface area contributed by atoms with Crippen molar-refractivity contribution in [2.75, 3.05) is 13.1 Å². The summed E-state index contributed by atoms with van der Waals surface area (Å²) >= 11 is 0. The number of amides is 1. The minimum Gasteiger partial charge on any atom is -0.341 e. The third kappa shape index (κ3) is 4.98. The van der Waals surface area contributed by atoms with Gasteiger partial charge in [-0.25, -0.2) is 26.9 Å².